The van der Waals surface area contributed by atoms with Crippen molar-refractivity contribution in [2.75, 3.05) is 6.61 Å². The molecule has 0 saturated carbocycles. The Morgan fingerprint density at radius 1 is 1.29 bits per heavy atom. The second-order valence-corrected chi connectivity index (χ2v) is 6.31. The van der Waals surface area contributed by atoms with Gasteiger partial charge in [-0.3, -0.25) is 9.48 Å². The molecule has 0 aliphatic heterocycles. The molecule has 0 radical (unpaired) electrons. The first-order chi connectivity index (χ1) is 13.2. The van der Waals surface area contributed by atoms with E-state index in [2.05, 4.69) is 14.9 Å². The quantitative estimate of drug-likeness (QED) is 0.545. The molecular formula is C16H13Cl2F3N4O3. The Bertz CT molecular complexity index is 1050. The molecule has 0 unspecified atom stereocenters. The molecule has 0 saturated heterocycles. The number of hydrogen-bond acceptors (Lipinski definition) is 5. The number of rotatable bonds is 6. The minimum absolute atomic E-state index is 0.0152. The molecule has 0 atom stereocenters. The molecule has 150 valence electrons. The third-order valence-corrected chi connectivity index (χ3v) is 4.39. The highest BCUT2D eigenvalue weighted by molar-refractivity contribution is 6.35. The van der Waals surface area contributed by atoms with Gasteiger partial charge < -0.3 is 9.47 Å². The lowest BCUT2D eigenvalue weighted by Crippen LogP contribution is -2.14. The van der Waals surface area contributed by atoms with Crippen LogP contribution in [0.1, 0.15) is 6.92 Å². The Hall–Kier alpha value is -2.46. The Balaban J connectivity index is 2.12. The maximum absolute atomic E-state index is 14.7. The standard InChI is InChI=1S/C16H13Cl2F3N4O3/c1-3-27-11(26)6-25-10-5-7(9(19)4-8(10)14(18)23-25)13-12(17)15(24(2)22-13)28-16(20)21/h4-5,16H,3,6H2,1-2H3. The minimum atomic E-state index is -3.13. The van der Waals surface area contributed by atoms with E-state index in [0.717, 1.165) is 10.7 Å². The molecule has 0 fully saturated rings. The van der Waals surface area contributed by atoms with Crippen molar-refractivity contribution in [3.05, 3.63) is 28.1 Å². The topological polar surface area (TPSA) is 71.2 Å². The molecule has 7 nitrogen and oxygen atoms in total. The number of aryl methyl sites for hydroxylation is 1. The van der Waals surface area contributed by atoms with Gasteiger partial charge in [0.25, 0.3) is 0 Å². The monoisotopic (exact) mass is 436 g/mol. The maximum Gasteiger partial charge on any atom is 0.388 e. The van der Waals surface area contributed by atoms with E-state index in [4.69, 9.17) is 27.9 Å². The van der Waals surface area contributed by atoms with Gasteiger partial charge in [0.05, 0.1) is 12.1 Å². The number of esters is 1. The fourth-order valence-corrected chi connectivity index (χ4v) is 3.20. The van der Waals surface area contributed by atoms with Crippen LogP contribution >= 0.6 is 23.2 Å². The molecule has 3 rings (SSSR count). The van der Waals surface area contributed by atoms with Gasteiger partial charge in [0, 0.05) is 18.0 Å². The van der Waals surface area contributed by atoms with Gasteiger partial charge in [-0.1, -0.05) is 23.2 Å². The predicted molar refractivity (Wildman–Crippen MR) is 95.2 cm³/mol. The first-order valence-electron chi connectivity index (χ1n) is 7.91. The van der Waals surface area contributed by atoms with E-state index in [1.807, 2.05) is 0 Å². The van der Waals surface area contributed by atoms with Crippen molar-refractivity contribution in [2.24, 2.45) is 7.05 Å². The fourth-order valence-electron chi connectivity index (χ4n) is 2.65. The number of ether oxygens (including phenoxy) is 2. The summed E-state index contributed by atoms with van der Waals surface area (Å²) in [7, 11) is 1.32. The Morgan fingerprint density at radius 3 is 2.64 bits per heavy atom. The average Bonchev–Trinajstić information content (AvgIpc) is 3.05. The van der Waals surface area contributed by atoms with E-state index in [1.165, 1.54) is 17.8 Å². The molecule has 0 amide bonds. The van der Waals surface area contributed by atoms with E-state index >= 15 is 0 Å². The smallest absolute Gasteiger partial charge is 0.388 e. The van der Waals surface area contributed by atoms with E-state index in [1.54, 1.807) is 6.92 Å². The minimum Gasteiger partial charge on any atom is -0.465 e. The number of halogens is 5. The van der Waals surface area contributed by atoms with Crippen molar-refractivity contribution < 1.29 is 27.4 Å². The van der Waals surface area contributed by atoms with E-state index in [0.29, 0.717) is 5.52 Å². The second-order valence-electron chi connectivity index (χ2n) is 5.57. The first kappa shape index (κ1) is 20.3. The maximum atomic E-state index is 14.7. The number of alkyl halides is 2. The van der Waals surface area contributed by atoms with Crippen LogP contribution < -0.4 is 4.74 Å². The van der Waals surface area contributed by atoms with Crippen molar-refractivity contribution in [1.29, 1.82) is 0 Å². The van der Waals surface area contributed by atoms with Crippen molar-refractivity contribution in [1.82, 2.24) is 19.6 Å². The largest absolute Gasteiger partial charge is 0.465 e. The second kappa shape index (κ2) is 7.88. The molecule has 12 heteroatoms. The van der Waals surface area contributed by atoms with Crippen LogP contribution in [0.25, 0.3) is 22.2 Å². The van der Waals surface area contributed by atoms with Crippen LogP contribution in [0.3, 0.4) is 0 Å². The number of hydrogen-bond donors (Lipinski definition) is 0. The van der Waals surface area contributed by atoms with Gasteiger partial charge in [0.15, 0.2) is 5.15 Å². The number of carbonyl (C=O) groups is 1. The molecule has 3 aromatic rings. The van der Waals surface area contributed by atoms with E-state index in [9.17, 15) is 18.0 Å². The van der Waals surface area contributed by atoms with Crippen LogP contribution in [0.5, 0.6) is 5.88 Å². The zero-order valence-electron chi connectivity index (χ0n) is 14.5. The molecule has 28 heavy (non-hydrogen) atoms. The van der Waals surface area contributed by atoms with Gasteiger partial charge in [-0.15, -0.1) is 0 Å². The Kier molecular flexibility index (Phi) is 5.71. The van der Waals surface area contributed by atoms with Crippen molar-refractivity contribution in [3.63, 3.8) is 0 Å². The highest BCUT2D eigenvalue weighted by Crippen LogP contribution is 2.38. The lowest BCUT2D eigenvalue weighted by molar-refractivity contribution is -0.143. The van der Waals surface area contributed by atoms with Gasteiger partial charge in [0.2, 0.25) is 5.88 Å². The molecule has 0 aliphatic carbocycles. The summed E-state index contributed by atoms with van der Waals surface area (Å²) in [6.07, 6.45) is 0. The summed E-state index contributed by atoms with van der Waals surface area (Å²) < 4.78 is 51.2. The average molecular weight is 437 g/mol. The van der Waals surface area contributed by atoms with Gasteiger partial charge in [-0.05, 0) is 19.1 Å². The third-order valence-electron chi connectivity index (χ3n) is 3.77. The fraction of sp³-hybridized carbons (Fsp3) is 0.312. The molecule has 1 aromatic carbocycles. The molecule has 0 aliphatic rings. The zero-order valence-corrected chi connectivity index (χ0v) is 16.1. The van der Waals surface area contributed by atoms with Crippen LogP contribution in [0, 0.1) is 5.82 Å². The molecule has 0 spiro atoms. The van der Waals surface area contributed by atoms with E-state index < -0.39 is 24.3 Å². The van der Waals surface area contributed by atoms with Crippen LogP contribution in [0.2, 0.25) is 10.2 Å². The molecule has 2 heterocycles. The van der Waals surface area contributed by atoms with Crippen LogP contribution in [0.15, 0.2) is 12.1 Å². The summed E-state index contributed by atoms with van der Waals surface area (Å²) >= 11 is 12.1. The number of fused-ring (bicyclic) bond motifs is 1. The van der Waals surface area contributed by atoms with Crippen molar-refractivity contribution >= 4 is 40.1 Å². The summed E-state index contributed by atoms with van der Waals surface area (Å²) in [4.78, 5) is 11.8. The van der Waals surface area contributed by atoms with Crippen LogP contribution in [-0.4, -0.2) is 38.7 Å². The zero-order chi connectivity index (χ0) is 20.6. The van der Waals surface area contributed by atoms with E-state index in [-0.39, 0.29) is 40.0 Å². The van der Waals surface area contributed by atoms with Gasteiger partial charge >= 0.3 is 12.6 Å². The number of aromatic nitrogens is 4. The SMILES string of the molecule is CCOC(=O)Cn1nc(Cl)c2cc(F)c(-c3nn(C)c(OC(F)F)c3Cl)cc21. The Morgan fingerprint density at radius 2 is 2.00 bits per heavy atom. The first-order valence-corrected chi connectivity index (χ1v) is 8.67. The lowest BCUT2D eigenvalue weighted by atomic mass is 10.1. The summed E-state index contributed by atoms with van der Waals surface area (Å²) in [6, 6.07) is 2.42. The van der Waals surface area contributed by atoms with Crippen LogP contribution in [0.4, 0.5) is 13.2 Å². The van der Waals surface area contributed by atoms with Gasteiger partial charge in [-0.25, -0.2) is 9.07 Å². The highest BCUT2D eigenvalue weighted by atomic mass is 35.5. The Labute approximate surface area is 166 Å². The predicted octanol–water partition coefficient (Wildman–Crippen LogP) is 4.05. The number of carbonyl (C=O) groups excluding carboxylic acids is 1. The molecule has 2 aromatic heterocycles. The normalized spacial score (nSPS) is 11.4. The molecule has 0 bridgehead atoms. The van der Waals surface area contributed by atoms with Gasteiger partial charge in [-0.2, -0.15) is 19.0 Å². The summed E-state index contributed by atoms with van der Waals surface area (Å²) in [5.74, 6) is -1.73. The molecular weight excluding hydrogens is 424 g/mol. The van der Waals surface area contributed by atoms with Crippen molar-refractivity contribution in [2.45, 2.75) is 20.1 Å². The summed E-state index contributed by atoms with van der Waals surface area (Å²) in [5.41, 5.74) is 0.102. The van der Waals surface area contributed by atoms with Gasteiger partial charge in [0.1, 0.15) is 23.1 Å². The summed E-state index contributed by atoms with van der Waals surface area (Å²) in [5, 5.41) is 7.91. The van der Waals surface area contributed by atoms with Crippen LogP contribution in [-0.2, 0) is 23.1 Å². The number of nitrogens with zero attached hydrogens (tertiary/aromatic N) is 4. The summed E-state index contributed by atoms with van der Waals surface area (Å²) in [6.45, 7) is -1.54. The number of benzene rings is 1. The lowest BCUT2D eigenvalue weighted by Gasteiger charge is -2.06. The molecule has 0 N–H and O–H groups in total. The third kappa shape index (κ3) is 3.74. The van der Waals surface area contributed by atoms with Crippen molar-refractivity contribution in [3.8, 4) is 17.1 Å². The highest BCUT2D eigenvalue weighted by Gasteiger charge is 2.24.